The van der Waals surface area contributed by atoms with Gasteiger partial charge in [0.1, 0.15) is 0 Å². The van der Waals surface area contributed by atoms with Crippen molar-refractivity contribution in [2.75, 3.05) is 31.1 Å². The summed E-state index contributed by atoms with van der Waals surface area (Å²) < 4.78 is 4.48. The maximum Gasteiger partial charge on any atom is 0.223 e. The summed E-state index contributed by atoms with van der Waals surface area (Å²) >= 11 is 13.5. The largest absolute Gasteiger partial charge is 0.343 e. The number of piperazine rings is 1. The van der Waals surface area contributed by atoms with E-state index < -0.39 is 0 Å². The minimum Gasteiger partial charge on any atom is -0.343 e. The lowest BCUT2D eigenvalue weighted by Crippen LogP contribution is -2.48. The number of carbonyl (C=O) groups excluding carboxylic acids is 1. The number of aryl methyl sites for hydroxylation is 1. The van der Waals surface area contributed by atoms with E-state index in [2.05, 4.69) is 14.3 Å². The monoisotopic (exact) mass is 446 g/mol. The van der Waals surface area contributed by atoms with Crippen molar-refractivity contribution in [3.63, 3.8) is 0 Å². The second-order valence-corrected chi connectivity index (χ2v) is 8.52. The van der Waals surface area contributed by atoms with E-state index in [4.69, 9.17) is 23.2 Å². The van der Waals surface area contributed by atoms with Crippen LogP contribution in [0.25, 0.3) is 11.4 Å². The molecule has 5 nitrogen and oxygen atoms in total. The molecule has 0 atom stereocenters. The van der Waals surface area contributed by atoms with E-state index in [9.17, 15) is 4.79 Å². The molecule has 1 amide bonds. The topological polar surface area (TPSA) is 49.3 Å². The fourth-order valence-electron chi connectivity index (χ4n) is 3.36. The van der Waals surface area contributed by atoms with Crippen LogP contribution in [-0.4, -0.2) is 46.3 Å². The Morgan fingerprint density at radius 1 is 1.00 bits per heavy atom. The summed E-state index contributed by atoms with van der Waals surface area (Å²) in [5.41, 5.74) is 2.00. The van der Waals surface area contributed by atoms with Crippen molar-refractivity contribution in [3.05, 3.63) is 64.1 Å². The number of hydrogen-bond acceptors (Lipinski definition) is 5. The Morgan fingerprint density at radius 2 is 1.69 bits per heavy atom. The van der Waals surface area contributed by atoms with Gasteiger partial charge in [-0.1, -0.05) is 53.5 Å². The van der Waals surface area contributed by atoms with Gasteiger partial charge in [-0.05, 0) is 30.2 Å². The Kier molecular flexibility index (Phi) is 6.33. The molecule has 0 spiro atoms. The number of rotatable bonds is 5. The van der Waals surface area contributed by atoms with Crippen LogP contribution < -0.4 is 4.90 Å². The fourth-order valence-corrected chi connectivity index (χ4v) is 4.67. The van der Waals surface area contributed by atoms with Crippen molar-refractivity contribution in [1.29, 1.82) is 0 Å². The van der Waals surface area contributed by atoms with Gasteiger partial charge in [-0.3, -0.25) is 4.79 Å². The third-order valence-electron chi connectivity index (χ3n) is 4.90. The van der Waals surface area contributed by atoms with Gasteiger partial charge in [0.05, 0.1) is 0 Å². The molecule has 3 aromatic rings. The molecule has 1 saturated heterocycles. The number of hydrogen-bond donors (Lipinski definition) is 0. The van der Waals surface area contributed by atoms with Gasteiger partial charge >= 0.3 is 0 Å². The van der Waals surface area contributed by atoms with Crippen molar-refractivity contribution in [3.8, 4) is 11.4 Å². The van der Waals surface area contributed by atoms with Crippen molar-refractivity contribution in [2.45, 2.75) is 12.8 Å². The van der Waals surface area contributed by atoms with Gasteiger partial charge in [0.25, 0.3) is 0 Å². The minimum absolute atomic E-state index is 0.156. The van der Waals surface area contributed by atoms with Crippen LogP contribution in [-0.2, 0) is 11.2 Å². The van der Waals surface area contributed by atoms with E-state index in [1.807, 2.05) is 47.4 Å². The Labute approximate surface area is 184 Å². The third kappa shape index (κ3) is 5.07. The van der Waals surface area contributed by atoms with Crippen LogP contribution in [0.2, 0.25) is 10.0 Å². The van der Waals surface area contributed by atoms with E-state index in [0.717, 1.165) is 35.2 Å². The molecule has 8 heteroatoms. The first-order chi connectivity index (χ1) is 14.1. The van der Waals surface area contributed by atoms with Crippen LogP contribution in [0.3, 0.4) is 0 Å². The van der Waals surface area contributed by atoms with E-state index in [0.29, 0.717) is 36.0 Å². The first kappa shape index (κ1) is 20.1. The minimum atomic E-state index is 0.156. The number of nitrogens with zero attached hydrogens (tertiary/aromatic N) is 4. The predicted molar refractivity (Wildman–Crippen MR) is 119 cm³/mol. The molecule has 150 valence electrons. The molecule has 1 aliphatic heterocycles. The fraction of sp³-hybridized carbons (Fsp3) is 0.286. The lowest BCUT2D eigenvalue weighted by Gasteiger charge is -2.34. The summed E-state index contributed by atoms with van der Waals surface area (Å²) in [5, 5.41) is 2.10. The number of aromatic nitrogens is 2. The maximum atomic E-state index is 12.6. The molecule has 4 rings (SSSR count). The normalized spacial score (nSPS) is 14.3. The first-order valence-corrected chi connectivity index (χ1v) is 11.0. The highest BCUT2D eigenvalue weighted by Gasteiger charge is 2.23. The van der Waals surface area contributed by atoms with E-state index in [-0.39, 0.29) is 5.91 Å². The Morgan fingerprint density at radius 3 is 2.38 bits per heavy atom. The molecule has 0 unspecified atom stereocenters. The van der Waals surface area contributed by atoms with Gasteiger partial charge in [0.2, 0.25) is 11.0 Å². The summed E-state index contributed by atoms with van der Waals surface area (Å²) in [5.74, 6) is 0.910. The van der Waals surface area contributed by atoms with Crippen LogP contribution in [0.15, 0.2) is 48.5 Å². The summed E-state index contributed by atoms with van der Waals surface area (Å²) in [6, 6.07) is 15.4. The van der Waals surface area contributed by atoms with Crippen molar-refractivity contribution in [1.82, 2.24) is 14.3 Å². The average molecular weight is 447 g/mol. The Bertz CT molecular complexity index is 967. The summed E-state index contributed by atoms with van der Waals surface area (Å²) in [7, 11) is 0. The average Bonchev–Trinajstić information content (AvgIpc) is 3.22. The zero-order valence-electron chi connectivity index (χ0n) is 15.7. The van der Waals surface area contributed by atoms with Gasteiger partial charge in [0.15, 0.2) is 5.82 Å². The Hall–Kier alpha value is -2.15. The lowest BCUT2D eigenvalue weighted by atomic mass is 10.1. The SMILES string of the molecule is O=C(CCc1cc(Cl)cc(Cl)c1)N1CCN(c2nc(-c3ccccc3)ns2)CC1. The Balaban J connectivity index is 1.30. The van der Waals surface area contributed by atoms with Crippen LogP contribution in [0, 0.1) is 0 Å². The highest BCUT2D eigenvalue weighted by Crippen LogP contribution is 2.25. The molecule has 1 aliphatic rings. The van der Waals surface area contributed by atoms with Crippen LogP contribution in [0.5, 0.6) is 0 Å². The van der Waals surface area contributed by atoms with Crippen molar-refractivity contribution in [2.24, 2.45) is 0 Å². The smallest absolute Gasteiger partial charge is 0.223 e. The van der Waals surface area contributed by atoms with Crippen LogP contribution in [0.4, 0.5) is 5.13 Å². The number of anilines is 1. The van der Waals surface area contributed by atoms with E-state index >= 15 is 0 Å². The predicted octanol–water partition coefficient (Wildman–Crippen LogP) is 4.79. The van der Waals surface area contributed by atoms with E-state index in [1.165, 1.54) is 11.5 Å². The maximum absolute atomic E-state index is 12.6. The molecule has 1 fully saturated rings. The van der Waals surface area contributed by atoms with Crippen LogP contribution in [0.1, 0.15) is 12.0 Å². The molecule has 0 aliphatic carbocycles. The summed E-state index contributed by atoms with van der Waals surface area (Å²) in [6.45, 7) is 2.90. The summed E-state index contributed by atoms with van der Waals surface area (Å²) in [6.07, 6.45) is 1.09. The molecule has 2 heterocycles. The van der Waals surface area contributed by atoms with Gasteiger partial charge < -0.3 is 9.80 Å². The molecular weight excluding hydrogens is 427 g/mol. The van der Waals surface area contributed by atoms with Gasteiger partial charge in [-0.15, -0.1) is 0 Å². The number of benzene rings is 2. The third-order valence-corrected chi connectivity index (χ3v) is 6.11. The zero-order chi connectivity index (χ0) is 20.2. The van der Waals surface area contributed by atoms with Gasteiger partial charge in [0, 0.05) is 59.7 Å². The van der Waals surface area contributed by atoms with Gasteiger partial charge in [-0.2, -0.15) is 9.36 Å². The number of carbonyl (C=O) groups is 1. The molecule has 29 heavy (non-hydrogen) atoms. The molecular formula is C21H20Cl2N4OS. The van der Waals surface area contributed by atoms with E-state index in [1.54, 1.807) is 6.07 Å². The standard InChI is InChI=1S/C21H20Cl2N4OS/c22-17-12-15(13-18(23)14-17)6-7-19(28)26-8-10-27(11-9-26)21-24-20(25-29-21)16-4-2-1-3-5-16/h1-5,12-14H,6-11H2. The highest BCUT2D eigenvalue weighted by molar-refractivity contribution is 7.09. The second kappa shape index (κ2) is 9.11. The molecule has 1 aromatic heterocycles. The number of amides is 1. The summed E-state index contributed by atoms with van der Waals surface area (Å²) in [4.78, 5) is 21.4. The highest BCUT2D eigenvalue weighted by atomic mass is 35.5. The molecule has 2 aromatic carbocycles. The first-order valence-electron chi connectivity index (χ1n) is 9.45. The zero-order valence-corrected chi connectivity index (χ0v) is 18.1. The van der Waals surface area contributed by atoms with Gasteiger partial charge in [-0.25, -0.2) is 0 Å². The molecule has 0 saturated carbocycles. The lowest BCUT2D eigenvalue weighted by molar-refractivity contribution is -0.131. The van der Waals surface area contributed by atoms with Crippen molar-refractivity contribution >= 4 is 45.8 Å². The molecule has 0 bridgehead atoms. The second-order valence-electron chi connectivity index (χ2n) is 6.91. The van der Waals surface area contributed by atoms with Crippen molar-refractivity contribution < 1.29 is 4.79 Å². The van der Waals surface area contributed by atoms with Crippen LogP contribution >= 0.6 is 34.7 Å². The molecule has 0 N–H and O–H groups in total. The molecule has 0 radical (unpaired) electrons. The quantitative estimate of drug-likeness (QED) is 0.564. The number of halogens is 2.